The number of halogens is 2. The van der Waals surface area contributed by atoms with Crippen molar-refractivity contribution in [2.45, 2.75) is 0 Å². The topological polar surface area (TPSA) is 80.1 Å². The lowest BCUT2D eigenvalue weighted by atomic mass is 10.2. The molecule has 1 aromatic heterocycles. The summed E-state index contributed by atoms with van der Waals surface area (Å²) in [6, 6.07) is 23.8. The molecule has 0 atom stereocenters. The molecule has 0 fully saturated rings. The summed E-state index contributed by atoms with van der Waals surface area (Å²) in [7, 11) is 1.50. The third-order valence-electron chi connectivity index (χ3n) is 4.79. The molecule has 0 saturated carbocycles. The van der Waals surface area contributed by atoms with E-state index in [4.69, 9.17) is 23.2 Å². The number of amides is 2. The molecule has 4 aromatic rings. The van der Waals surface area contributed by atoms with Crippen molar-refractivity contribution in [1.82, 2.24) is 19.7 Å². The van der Waals surface area contributed by atoms with Crippen molar-refractivity contribution in [3.8, 4) is 17.1 Å². The number of likely N-dealkylation sites (N-methyl/N-ethyl adjacent to an activating group) is 1. The van der Waals surface area contributed by atoms with E-state index < -0.39 is 11.8 Å². The highest BCUT2D eigenvalue weighted by Crippen LogP contribution is 2.29. The molecule has 2 amide bonds. The molecule has 3 aromatic carbocycles. The maximum Gasteiger partial charge on any atom is 0.293 e. The van der Waals surface area contributed by atoms with Gasteiger partial charge in [0.25, 0.3) is 5.91 Å². The SMILES string of the molecule is CN(CC(=O)Nc1c(Cl)cccc1Cl)C(=O)c1nc(-c2ccccc2)n(-c2ccccc2)n1. The molecule has 0 spiro atoms. The van der Waals surface area contributed by atoms with E-state index in [2.05, 4.69) is 15.4 Å². The first-order valence-electron chi connectivity index (χ1n) is 10.0. The van der Waals surface area contributed by atoms with Gasteiger partial charge in [0.1, 0.15) is 0 Å². The molecule has 166 valence electrons. The van der Waals surface area contributed by atoms with Crippen molar-refractivity contribution in [3.05, 3.63) is 94.7 Å². The van der Waals surface area contributed by atoms with Crippen molar-refractivity contribution in [2.24, 2.45) is 0 Å². The van der Waals surface area contributed by atoms with Crippen LogP contribution in [-0.4, -0.2) is 45.1 Å². The predicted octanol–water partition coefficient (Wildman–Crippen LogP) is 4.95. The molecular weight excluding hydrogens is 461 g/mol. The van der Waals surface area contributed by atoms with Crippen molar-refractivity contribution in [3.63, 3.8) is 0 Å². The van der Waals surface area contributed by atoms with Gasteiger partial charge in [-0.1, -0.05) is 77.8 Å². The highest BCUT2D eigenvalue weighted by molar-refractivity contribution is 6.39. The van der Waals surface area contributed by atoms with E-state index in [1.54, 1.807) is 22.9 Å². The molecule has 9 heteroatoms. The first kappa shape index (κ1) is 22.5. The van der Waals surface area contributed by atoms with E-state index in [0.717, 1.165) is 11.3 Å². The van der Waals surface area contributed by atoms with Crippen LogP contribution in [-0.2, 0) is 4.79 Å². The van der Waals surface area contributed by atoms with E-state index >= 15 is 0 Å². The molecule has 0 aliphatic carbocycles. The Hall–Kier alpha value is -3.68. The highest BCUT2D eigenvalue weighted by Gasteiger charge is 2.23. The number of aromatic nitrogens is 3. The van der Waals surface area contributed by atoms with Gasteiger partial charge in [0, 0.05) is 12.6 Å². The third-order valence-corrected chi connectivity index (χ3v) is 5.42. The van der Waals surface area contributed by atoms with E-state index in [1.807, 2.05) is 60.7 Å². The lowest BCUT2D eigenvalue weighted by molar-refractivity contribution is -0.116. The molecule has 1 N–H and O–H groups in total. The van der Waals surface area contributed by atoms with Crippen LogP contribution in [0.1, 0.15) is 10.6 Å². The fraction of sp³-hybridized carbons (Fsp3) is 0.0833. The maximum absolute atomic E-state index is 13.1. The quantitative estimate of drug-likeness (QED) is 0.424. The van der Waals surface area contributed by atoms with E-state index in [9.17, 15) is 9.59 Å². The summed E-state index contributed by atoms with van der Waals surface area (Å²) >= 11 is 12.2. The van der Waals surface area contributed by atoms with Crippen molar-refractivity contribution >= 4 is 40.7 Å². The molecule has 0 bridgehead atoms. The van der Waals surface area contributed by atoms with Crippen LogP contribution >= 0.6 is 23.2 Å². The van der Waals surface area contributed by atoms with Gasteiger partial charge in [-0.05, 0) is 24.3 Å². The summed E-state index contributed by atoms with van der Waals surface area (Å²) < 4.78 is 1.61. The summed E-state index contributed by atoms with van der Waals surface area (Å²) in [5, 5.41) is 7.69. The number of nitrogens with zero attached hydrogens (tertiary/aromatic N) is 4. The average molecular weight is 480 g/mol. The number of para-hydroxylation sites is 2. The third kappa shape index (κ3) is 5.05. The maximum atomic E-state index is 13.1. The Balaban J connectivity index is 1.57. The zero-order chi connectivity index (χ0) is 23.4. The Kier molecular flexibility index (Phi) is 6.72. The Morgan fingerprint density at radius 1 is 0.909 bits per heavy atom. The predicted molar refractivity (Wildman–Crippen MR) is 129 cm³/mol. The minimum Gasteiger partial charge on any atom is -0.330 e. The van der Waals surface area contributed by atoms with Gasteiger partial charge in [0.2, 0.25) is 11.7 Å². The smallest absolute Gasteiger partial charge is 0.293 e. The zero-order valence-electron chi connectivity index (χ0n) is 17.6. The Morgan fingerprint density at radius 3 is 2.15 bits per heavy atom. The number of hydrogen-bond acceptors (Lipinski definition) is 4. The van der Waals surface area contributed by atoms with Crippen molar-refractivity contribution in [2.75, 3.05) is 18.9 Å². The Labute approximate surface area is 200 Å². The molecule has 1 heterocycles. The monoisotopic (exact) mass is 479 g/mol. The first-order chi connectivity index (χ1) is 15.9. The lowest BCUT2D eigenvalue weighted by Crippen LogP contribution is -2.35. The molecule has 0 aliphatic heterocycles. The van der Waals surface area contributed by atoms with E-state index in [0.29, 0.717) is 21.6 Å². The summed E-state index contributed by atoms with van der Waals surface area (Å²) in [4.78, 5) is 31.3. The number of rotatable bonds is 6. The molecule has 0 unspecified atom stereocenters. The molecule has 0 radical (unpaired) electrons. The van der Waals surface area contributed by atoms with Gasteiger partial charge >= 0.3 is 0 Å². The number of carbonyl (C=O) groups excluding carboxylic acids is 2. The number of nitrogens with one attached hydrogen (secondary N) is 1. The summed E-state index contributed by atoms with van der Waals surface area (Å²) in [5.74, 6) is -0.455. The Morgan fingerprint density at radius 2 is 1.52 bits per heavy atom. The molecule has 4 rings (SSSR count). The van der Waals surface area contributed by atoms with E-state index in [-0.39, 0.29) is 12.4 Å². The molecule has 7 nitrogen and oxygen atoms in total. The standard InChI is InChI=1S/C24H19Cl2N5O2/c1-30(15-20(32)27-21-18(25)13-8-14-19(21)26)24(33)22-28-23(16-9-4-2-5-10-16)31(29-22)17-11-6-3-7-12-17/h2-14H,15H2,1H3,(H,27,32). The van der Waals surface area contributed by atoms with Gasteiger partial charge in [-0.3, -0.25) is 9.59 Å². The highest BCUT2D eigenvalue weighted by atomic mass is 35.5. The van der Waals surface area contributed by atoms with Crippen LogP contribution in [0.2, 0.25) is 10.0 Å². The fourth-order valence-corrected chi connectivity index (χ4v) is 3.67. The van der Waals surface area contributed by atoms with Crippen LogP contribution < -0.4 is 5.32 Å². The van der Waals surface area contributed by atoms with Gasteiger partial charge in [-0.25, -0.2) is 9.67 Å². The second kappa shape index (κ2) is 9.85. The average Bonchev–Trinajstić information content (AvgIpc) is 3.28. The van der Waals surface area contributed by atoms with E-state index in [1.165, 1.54) is 11.9 Å². The van der Waals surface area contributed by atoms with Gasteiger partial charge in [-0.2, -0.15) is 0 Å². The first-order valence-corrected chi connectivity index (χ1v) is 10.8. The summed E-state index contributed by atoms with van der Waals surface area (Å²) in [6.07, 6.45) is 0. The number of anilines is 1. The van der Waals surface area contributed by atoms with Gasteiger partial charge in [0.05, 0.1) is 28.0 Å². The zero-order valence-corrected chi connectivity index (χ0v) is 19.1. The largest absolute Gasteiger partial charge is 0.330 e. The summed E-state index contributed by atoms with van der Waals surface area (Å²) in [5.41, 5.74) is 1.86. The van der Waals surface area contributed by atoms with Crippen LogP contribution in [0.25, 0.3) is 17.1 Å². The van der Waals surface area contributed by atoms with Crippen LogP contribution in [0.15, 0.2) is 78.9 Å². The van der Waals surface area contributed by atoms with Gasteiger partial charge < -0.3 is 10.2 Å². The number of hydrogen-bond donors (Lipinski definition) is 1. The van der Waals surface area contributed by atoms with Crippen LogP contribution in [0.5, 0.6) is 0 Å². The second-order valence-electron chi connectivity index (χ2n) is 7.18. The molecule has 0 aliphatic rings. The van der Waals surface area contributed by atoms with Crippen LogP contribution in [0.4, 0.5) is 5.69 Å². The lowest BCUT2D eigenvalue weighted by Gasteiger charge is -2.16. The molecule has 0 saturated heterocycles. The molecular formula is C24H19Cl2N5O2. The number of benzene rings is 3. The Bertz CT molecular complexity index is 1220. The van der Waals surface area contributed by atoms with Gasteiger partial charge in [0.15, 0.2) is 5.82 Å². The van der Waals surface area contributed by atoms with Crippen molar-refractivity contribution < 1.29 is 9.59 Å². The molecule has 33 heavy (non-hydrogen) atoms. The van der Waals surface area contributed by atoms with Crippen LogP contribution in [0.3, 0.4) is 0 Å². The van der Waals surface area contributed by atoms with Crippen LogP contribution in [0, 0.1) is 0 Å². The second-order valence-corrected chi connectivity index (χ2v) is 7.99. The van der Waals surface area contributed by atoms with Crippen molar-refractivity contribution in [1.29, 1.82) is 0 Å². The number of carbonyl (C=O) groups is 2. The minimum atomic E-state index is -0.498. The van der Waals surface area contributed by atoms with Gasteiger partial charge in [-0.15, -0.1) is 5.10 Å². The minimum absolute atomic E-state index is 0.0243. The fourth-order valence-electron chi connectivity index (χ4n) is 3.18. The summed E-state index contributed by atoms with van der Waals surface area (Å²) in [6.45, 7) is -0.235. The normalized spacial score (nSPS) is 10.6.